The Hall–Kier alpha value is -3.11. The molecule has 172 valence electrons. The fraction of sp³-hybridized carbons (Fsp3) is 0.286. The number of hydrogen-bond donors (Lipinski definition) is 1. The molecule has 0 aliphatic carbocycles. The molecule has 0 fully saturated rings. The van der Waals surface area contributed by atoms with Crippen LogP contribution in [0, 0.1) is 6.92 Å². The molecule has 0 unspecified atom stereocenters. The van der Waals surface area contributed by atoms with Gasteiger partial charge in [-0.25, -0.2) is 0 Å². The van der Waals surface area contributed by atoms with E-state index in [0.29, 0.717) is 31.0 Å². The zero-order valence-corrected chi connectivity index (χ0v) is 20.0. The summed E-state index contributed by atoms with van der Waals surface area (Å²) >= 11 is 6.30. The molecule has 5 heteroatoms. The van der Waals surface area contributed by atoms with Gasteiger partial charge in [-0.05, 0) is 43.0 Å². The second-order valence-electron chi connectivity index (χ2n) is 8.20. The number of nitrogens with one attached hydrogen (secondary N) is 1. The predicted octanol–water partition coefficient (Wildman–Crippen LogP) is 5.36. The van der Waals surface area contributed by atoms with E-state index in [1.807, 2.05) is 92.7 Å². The summed E-state index contributed by atoms with van der Waals surface area (Å²) in [7, 11) is 0. The van der Waals surface area contributed by atoms with Crippen molar-refractivity contribution in [3.05, 3.63) is 106 Å². The number of rotatable bonds is 10. The molecule has 3 rings (SSSR count). The van der Waals surface area contributed by atoms with Crippen molar-refractivity contribution in [1.29, 1.82) is 0 Å². The quantitative estimate of drug-likeness (QED) is 0.441. The first kappa shape index (κ1) is 24.5. The summed E-state index contributed by atoms with van der Waals surface area (Å²) in [6.45, 7) is 4.80. The van der Waals surface area contributed by atoms with Gasteiger partial charge in [0, 0.05) is 31.0 Å². The highest BCUT2D eigenvalue weighted by atomic mass is 35.5. The van der Waals surface area contributed by atoms with Crippen molar-refractivity contribution in [2.75, 3.05) is 6.54 Å². The maximum absolute atomic E-state index is 13.5. The van der Waals surface area contributed by atoms with Crippen LogP contribution in [0.25, 0.3) is 0 Å². The first-order valence-electron chi connectivity index (χ1n) is 11.4. The monoisotopic (exact) mass is 462 g/mol. The Labute approximate surface area is 201 Å². The van der Waals surface area contributed by atoms with Crippen molar-refractivity contribution >= 4 is 23.4 Å². The van der Waals surface area contributed by atoms with Gasteiger partial charge in [0.05, 0.1) is 0 Å². The number of amides is 2. The number of halogens is 1. The molecule has 0 aliphatic rings. The molecule has 4 nitrogen and oxygen atoms in total. The molecule has 1 atom stereocenters. The summed E-state index contributed by atoms with van der Waals surface area (Å²) in [5, 5.41) is 3.58. The van der Waals surface area contributed by atoms with Gasteiger partial charge in [-0.15, -0.1) is 0 Å². The predicted molar refractivity (Wildman–Crippen MR) is 134 cm³/mol. The van der Waals surface area contributed by atoms with Crippen molar-refractivity contribution in [3.8, 4) is 0 Å². The Bertz CT molecular complexity index is 1050. The van der Waals surface area contributed by atoms with Crippen LogP contribution < -0.4 is 5.32 Å². The summed E-state index contributed by atoms with van der Waals surface area (Å²) in [4.78, 5) is 28.4. The zero-order chi connectivity index (χ0) is 23.6. The number of aryl methyl sites for hydroxylation is 2. The van der Waals surface area contributed by atoms with E-state index in [0.717, 1.165) is 22.3 Å². The van der Waals surface area contributed by atoms with Crippen LogP contribution in [0.5, 0.6) is 0 Å². The van der Waals surface area contributed by atoms with Crippen molar-refractivity contribution in [2.24, 2.45) is 0 Å². The SMILES string of the molecule is CCNC(=O)[C@H](Cc1ccccc1)N(Cc1ccc(C)cc1)C(=O)CCc1ccccc1Cl. The molecule has 0 aliphatic heterocycles. The maximum Gasteiger partial charge on any atom is 0.243 e. The minimum Gasteiger partial charge on any atom is -0.355 e. The molecule has 0 saturated heterocycles. The average Bonchev–Trinajstić information content (AvgIpc) is 2.82. The summed E-state index contributed by atoms with van der Waals surface area (Å²) in [6.07, 6.45) is 1.26. The van der Waals surface area contributed by atoms with Crippen LogP contribution in [0.2, 0.25) is 5.02 Å². The van der Waals surface area contributed by atoms with Crippen molar-refractivity contribution in [2.45, 2.75) is 45.7 Å². The fourth-order valence-corrected chi connectivity index (χ4v) is 4.05. The van der Waals surface area contributed by atoms with E-state index >= 15 is 0 Å². The normalized spacial score (nSPS) is 11.6. The molecule has 3 aromatic carbocycles. The second-order valence-corrected chi connectivity index (χ2v) is 8.61. The maximum atomic E-state index is 13.5. The summed E-state index contributed by atoms with van der Waals surface area (Å²) in [5.41, 5.74) is 4.09. The minimum absolute atomic E-state index is 0.0670. The van der Waals surface area contributed by atoms with Gasteiger partial charge in [0.2, 0.25) is 11.8 Å². The van der Waals surface area contributed by atoms with Gasteiger partial charge in [-0.2, -0.15) is 0 Å². The highest BCUT2D eigenvalue weighted by Gasteiger charge is 2.30. The van der Waals surface area contributed by atoms with E-state index in [2.05, 4.69) is 5.32 Å². The number of carbonyl (C=O) groups excluding carboxylic acids is 2. The first-order chi connectivity index (χ1) is 16.0. The van der Waals surface area contributed by atoms with Gasteiger partial charge in [0.15, 0.2) is 0 Å². The van der Waals surface area contributed by atoms with Gasteiger partial charge in [-0.1, -0.05) is 90.0 Å². The number of benzene rings is 3. The van der Waals surface area contributed by atoms with Gasteiger partial charge in [0.25, 0.3) is 0 Å². The van der Waals surface area contributed by atoms with E-state index < -0.39 is 6.04 Å². The largest absolute Gasteiger partial charge is 0.355 e. The average molecular weight is 463 g/mol. The molecule has 0 aromatic heterocycles. The smallest absolute Gasteiger partial charge is 0.243 e. The molecule has 3 aromatic rings. The summed E-state index contributed by atoms with van der Waals surface area (Å²) in [6, 6.07) is 24.9. The van der Waals surface area contributed by atoms with Crippen LogP contribution in [0.15, 0.2) is 78.9 Å². The second kappa shape index (κ2) is 12.2. The topological polar surface area (TPSA) is 49.4 Å². The van der Waals surface area contributed by atoms with Crippen LogP contribution in [-0.2, 0) is 29.0 Å². The Balaban J connectivity index is 1.89. The van der Waals surface area contributed by atoms with Crippen LogP contribution in [-0.4, -0.2) is 29.3 Å². The lowest BCUT2D eigenvalue weighted by molar-refractivity contribution is -0.141. The number of hydrogen-bond acceptors (Lipinski definition) is 2. The molecule has 2 amide bonds. The molecule has 0 bridgehead atoms. The lowest BCUT2D eigenvalue weighted by Crippen LogP contribution is -2.50. The standard InChI is InChI=1S/C28H31ClN2O2/c1-3-30-28(33)26(19-22-9-5-4-6-10-22)31(20-23-15-13-21(2)14-16-23)27(32)18-17-24-11-7-8-12-25(24)29/h4-16,26H,3,17-20H2,1-2H3,(H,30,33)/t26-/m0/s1. The highest BCUT2D eigenvalue weighted by Crippen LogP contribution is 2.20. The Morgan fingerprint density at radius 3 is 2.24 bits per heavy atom. The molecule has 0 radical (unpaired) electrons. The minimum atomic E-state index is -0.604. The Kier molecular flexibility index (Phi) is 9.08. The Morgan fingerprint density at radius 2 is 1.58 bits per heavy atom. The molecular formula is C28H31ClN2O2. The van der Waals surface area contributed by atoms with Crippen LogP contribution in [0.4, 0.5) is 0 Å². The summed E-state index contributed by atoms with van der Waals surface area (Å²) in [5.74, 6) is -0.206. The Morgan fingerprint density at radius 1 is 0.909 bits per heavy atom. The third kappa shape index (κ3) is 7.19. The van der Waals surface area contributed by atoms with Crippen molar-refractivity contribution in [1.82, 2.24) is 10.2 Å². The van der Waals surface area contributed by atoms with Gasteiger partial charge >= 0.3 is 0 Å². The third-order valence-corrected chi connectivity index (χ3v) is 6.03. The molecule has 1 N–H and O–H groups in total. The lowest BCUT2D eigenvalue weighted by atomic mass is 10.0. The molecule has 0 spiro atoms. The van der Waals surface area contributed by atoms with Crippen LogP contribution in [0.3, 0.4) is 0 Å². The van der Waals surface area contributed by atoms with Crippen molar-refractivity contribution < 1.29 is 9.59 Å². The molecule has 33 heavy (non-hydrogen) atoms. The van der Waals surface area contributed by atoms with E-state index in [4.69, 9.17) is 11.6 Å². The summed E-state index contributed by atoms with van der Waals surface area (Å²) < 4.78 is 0. The van der Waals surface area contributed by atoms with E-state index in [1.165, 1.54) is 0 Å². The third-order valence-electron chi connectivity index (χ3n) is 5.66. The molecule has 0 heterocycles. The van der Waals surface area contributed by atoms with Crippen molar-refractivity contribution in [3.63, 3.8) is 0 Å². The molecule has 0 saturated carbocycles. The fourth-order valence-electron chi connectivity index (χ4n) is 3.82. The van der Waals surface area contributed by atoms with Gasteiger partial charge < -0.3 is 10.2 Å². The van der Waals surface area contributed by atoms with E-state index in [-0.39, 0.29) is 18.2 Å². The lowest BCUT2D eigenvalue weighted by Gasteiger charge is -2.31. The number of carbonyl (C=O) groups is 2. The first-order valence-corrected chi connectivity index (χ1v) is 11.8. The highest BCUT2D eigenvalue weighted by molar-refractivity contribution is 6.31. The number of likely N-dealkylation sites (N-methyl/N-ethyl adjacent to an activating group) is 1. The zero-order valence-electron chi connectivity index (χ0n) is 19.3. The van der Waals surface area contributed by atoms with Crippen LogP contribution >= 0.6 is 11.6 Å². The molecular weight excluding hydrogens is 432 g/mol. The van der Waals surface area contributed by atoms with E-state index in [1.54, 1.807) is 4.90 Å². The van der Waals surface area contributed by atoms with E-state index in [9.17, 15) is 9.59 Å². The van der Waals surface area contributed by atoms with Gasteiger partial charge in [0.1, 0.15) is 6.04 Å². The number of nitrogens with zero attached hydrogens (tertiary/aromatic N) is 1. The van der Waals surface area contributed by atoms with Gasteiger partial charge in [-0.3, -0.25) is 9.59 Å². The van der Waals surface area contributed by atoms with Crippen LogP contribution in [0.1, 0.15) is 35.6 Å².